The van der Waals surface area contributed by atoms with Crippen molar-refractivity contribution in [1.82, 2.24) is 4.90 Å². The van der Waals surface area contributed by atoms with Crippen molar-refractivity contribution in [3.8, 4) is 0 Å². The molecule has 0 aromatic heterocycles. The van der Waals surface area contributed by atoms with Crippen LogP contribution in [0.1, 0.15) is 12.0 Å². The summed E-state index contributed by atoms with van der Waals surface area (Å²) < 4.78 is 5.49. The number of hydrogen-bond donors (Lipinski definition) is 1. The number of rotatable bonds is 4. The van der Waals surface area contributed by atoms with Crippen molar-refractivity contribution < 1.29 is 4.74 Å². The van der Waals surface area contributed by atoms with Gasteiger partial charge in [0.05, 0.1) is 12.1 Å². The highest BCUT2D eigenvalue weighted by atomic mass is 35.5. The quantitative estimate of drug-likeness (QED) is 0.892. The van der Waals surface area contributed by atoms with E-state index in [-0.39, 0.29) is 5.54 Å². The van der Waals surface area contributed by atoms with Gasteiger partial charge in [0.1, 0.15) is 0 Å². The molecule has 17 heavy (non-hydrogen) atoms. The van der Waals surface area contributed by atoms with Gasteiger partial charge in [0.15, 0.2) is 0 Å². The topological polar surface area (TPSA) is 38.5 Å². The van der Waals surface area contributed by atoms with E-state index in [1.807, 2.05) is 18.2 Å². The third kappa shape index (κ3) is 2.80. The maximum Gasteiger partial charge on any atom is 0.0663 e. The zero-order chi connectivity index (χ0) is 12.3. The third-order valence-electron chi connectivity index (χ3n) is 3.58. The molecule has 1 fully saturated rings. The molecule has 1 aromatic carbocycles. The summed E-state index contributed by atoms with van der Waals surface area (Å²) in [6.07, 6.45) is 1.00. The van der Waals surface area contributed by atoms with Gasteiger partial charge in [-0.1, -0.05) is 23.7 Å². The van der Waals surface area contributed by atoms with E-state index in [2.05, 4.69) is 18.0 Å². The van der Waals surface area contributed by atoms with Crippen LogP contribution in [0.25, 0.3) is 0 Å². The van der Waals surface area contributed by atoms with E-state index >= 15 is 0 Å². The molecule has 0 saturated carbocycles. The second kappa shape index (κ2) is 5.36. The Balaban J connectivity index is 2.07. The van der Waals surface area contributed by atoms with Crippen LogP contribution in [-0.2, 0) is 11.3 Å². The number of nitrogens with two attached hydrogens (primary N) is 1. The largest absolute Gasteiger partial charge is 0.379 e. The van der Waals surface area contributed by atoms with E-state index in [1.165, 1.54) is 5.56 Å². The van der Waals surface area contributed by atoms with Gasteiger partial charge in [0.2, 0.25) is 0 Å². The fourth-order valence-electron chi connectivity index (χ4n) is 2.29. The smallest absolute Gasteiger partial charge is 0.0663 e. The van der Waals surface area contributed by atoms with E-state index in [0.29, 0.717) is 6.54 Å². The Hall–Kier alpha value is -0.610. The highest BCUT2D eigenvalue weighted by molar-refractivity contribution is 6.30. The van der Waals surface area contributed by atoms with E-state index < -0.39 is 0 Å². The molecule has 0 spiro atoms. The van der Waals surface area contributed by atoms with Gasteiger partial charge >= 0.3 is 0 Å². The first-order valence-corrected chi connectivity index (χ1v) is 6.28. The van der Waals surface area contributed by atoms with Crippen molar-refractivity contribution in [1.29, 1.82) is 0 Å². The van der Waals surface area contributed by atoms with Gasteiger partial charge in [-0.3, -0.25) is 4.90 Å². The van der Waals surface area contributed by atoms with E-state index in [9.17, 15) is 0 Å². The molecule has 0 amide bonds. The molecular formula is C13H19ClN2O. The van der Waals surface area contributed by atoms with Crippen LogP contribution in [0, 0.1) is 0 Å². The lowest BCUT2D eigenvalue weighted by molar-refractivity contribution is 0.0882. The first-order chi connectivity index (χ1) is 8.16. The van der Waals surface area contributed by atoms with Crippen molar-refractivity contribution in [2.75, 3.05) is 26.8 Å². The molecule has 94 valence electrons. The molecule has 1 unspecified atom stereocenters. The van der Waals surface area contributed by atoms with Gasteiger partial charge in [0, 0.05) is 24.7 Å². The Morgan fingerprint density at radius 2 is 2.35 bits per heavy atom. The molecule has 1 atom stereocenters. The number of halogens is 1. The summed E-state index contributed by atoms with van der Waals surface area (Å²) in [6, 6.07) is 7.95. The Labute approximate surface area is 107 Å². The number of hydrogen-bond acceptors (Lipinski definition) is 3. The maximum atomic E-state index is 5.99. The molecule has 3 nitrogen and oxygen atoms in total. The molecule has 1 aromatic rings. The minimum atomic E-state index is -0.0116. The SMILES string of the molecule is CN(Cc1cccc(Cl)c1)C1(CN)CCOC1. The minimum Gasteiger partial charge on any atom is -0.379 e. The summed E-state index contributed by atoms with van der Waals surface area (Å²) in [5, 5.41) is 0.778. The zero-order valence-electron chi connectivity index (χ0n) is 10.2. The van der Waals surface area contributed by atoms with Crippen molar-refractivity contribution in [3.63, 3.8) is 0 Å². The summed E-state index contributed by atoms with van der Waals surface area (Å²) in [5.41, 5.74) is 7.10. The number of benzene rings is 1. The average molecular weight is 255 g/mol. The van der Waals surface area contributed by atoms with Crippen LogP contribution in [0.2, 0.25) is 5.02 Å². The highest BCUT2D eigenvalue weighted by Gasteiger charge is 2.37. The molecule has 2 rings (SSSR count). The predicted octanol–water partition coefficient (Wildman–Crippen LogP) is 1.89. The van der Waals surface area contributed by atoms with Gasteiger partial charge in [-0.2, -0.15) is 0 Å². The van der Waals surface area contributed by atoms with Gasteiger partial charge in [-0.25, -0.2) is 0 Å². The second-order valence-electron chi connectivity index (χ2n) is 4.72. The average Bonchev–Trinajstić information content (AvgIpc) is 2.78. The van der Waals surface area contributed by atoms with Crippen LogP contribution < -0.4 is 5.73 Å². The monoisotopic (exact) mass is 254 g/mol. The molecule has 2 N–H and O–H groups in total. The van der Waals surface area contributed by atoms with Crippen LogP contribution in [0.4, 0.5) is 0 Å². The van der Waals surface area contributed by atoms with Gasteiger partial charge < -0.3 is 10.5 Å². The van der Waals surface area contributed by atoms with Crippen LogP contribution in [0.15, 0.2) is 24.3 Å². The normalized spacial score (nSPS) is 24.5. The predicted molar refractivity (Wildman–Crippen MR) is 70.1 cm³/mol. The van der Waals surface area contributed by atoms with Crippen molar-refractivity contribution >= 4 is 11.6 Å². The van der Waals surface area contributed by atoms with E-state index in [4.69, 9.17) is 22.1 Å². The zero-order valence-corrected chi connectivity index (χ0v) is 10.9. The van der Waals surface area contributed by atoms with Crippen molar-refractivity contribution in [2.24, 2.45) is 5.73 Å². The Kier molecular flexibility index (Phi) is 4.05. The van der Waals surface area contributed by atoms with Gasteiger partial charge in [-0.05, 0) is 31.2 Å². The first kappa shape index (κ1) is 12.8. The summed E-state index contributed by atoms with van der Waals surface area (Å²) in [5.74, 6) is 0. The molecule has 4 heteroatoms. The summed E-state index contributed by atoms with van der Waals surface area (Å²) in [4.78, 5) is 2.28. The minimum absolute atomic E-state index is 0.0116. The van der Waals surface area contributed by atoms with Crippen LogP contribution in [-0.4, -0.2) is 37.2 Å². The lowest BCUT2D eigenvalue weighted by Gasteiger charge is -2.36. The molecule has 1 heterocycles. The Morgan fingerprint density at radius 1 is 1.53 bits per heavy atom. The maximum absolute atomic E-state index is 5.99. The molecule has 0 radical (unpaired) electrons. The Bertz CT molecular complexity index is 377. The lowest BCUT2D eigenvalue weighted by Crippen LogP contribution is -2.52. The third-order valence-corrected chi connectivity index (χ3v) is 3.82. The summed E-state index contributed by atoms with van der Waals surface area (Å²) in [7, 11) is 2.10. The molecule has 0 bridgehead atoms. The fraction of sp³-hybridized carbons (Fsp3) is 0.538. The van der Waals surface area contributed by atoms with Crippen LogP contribution in [0.5, 0.6) is 0 Å². The van der Waals surface area contributed by atoms with E-state index in [1.54, 1.807) is 0 Å². The first-order valence-electron chi connectivity index (χ1n) is 5.90. The number of ether oxygens (including phenoxy) is 1. The molecule has 1 aliphatic heterocycles. The van der Waals surface area contributed by atoms with E-state index in [0.717, 1.165) is 31.2 Å². The molecule has 1 aliphatic rings. The number of likely N-dealkylation sites (N-methyl/N-ethyl adjacent to an activating group) is 1. The van der Waals surface area contributed by atoms with Crippen LogP contribution >= 0.6 is 11.6 Å². The second-order valence-corrected chi connectivity index (χ2v) is 5.15. The summed E-state index contributed by atoms with van der Waals surface area (Å²) >= 11 is 5.99. The standard InChI is InChI=1S/C13H19ClN2O/c1-16(13(9-15)5-6-17-10-13)8-11-3-2-4-12(14)7-11/h2-4,7H,5-6,8-10,15H2,1H3. The molecular weight excluding hydrogens is 236 g/mol. The van der Waals surface area contributed by atoms with Crippen molar-refractivity contribution in [2.45, 2.75) is 18.5 Å². The lowest BCUT2D eigenvalue weighted by atomic mass is 9.96. The van der Waals surface area contributed by atoms with Crippen molar-refractivity contribution in [3.05, 3.63) is 34.9 Å². The van der Waals surface area contributed by atoms with Gasteiger partial charge in [0.25, 0.3) is 0 Å². The Morgan fingerprint density at radius 3 is 2.94 bits per heavy atom. The van der Waals surface area contributed by atoms with Gasteiger partial charge in [-0.15, -0.1) is 0 Å². The van der Waals surface area contributed by atoms with Crippen LogP contribution in [0.3, 0.4) is 0 Å². The fourth-order valence-corrected chi connectivity index (χ4v) is 2.50. The number of nitrogens with zero attached hydrogens (tertiary/aromatic N) is 1. The summed E-state index contributed by atoms with van der Waals surface area (Å²) in [6.45, 7) is 3.00. The molecule has 0 aliphatic carbocycles. The highest BCUT2D eigenvalue weighted by Crippen LogP contribution is 2.26. The molecule has 1 saturated heterocycles.